The average molecular weight is 530 g/mol. The van der Waals surface area contributed by atoms with E-state index in [0.29, 0.717) is 28.8 Å². The molecule has 0 atom stereocenters. The van der Waals surface area contributed by atoms with E-state index in [2.05, 4.69) is 21.5 Å². The van der Waals surface area contributed by atoms with E-state index < -0.39 is 21.8 Å². The third-order valence-corrected chi connectivity index (χ3v) is 7.58. The average Bonchev–Trinajstić information content (AvgIpc) is 3.34. The predicted octanol–water partition coefficient (Wildman–Crippen LogP) is 2.53. The van der Waals surface area contributed by atoms with Crippen molar-refractivity contribution in [3.05, 3.63) is 58.1 Å². The van der Waals surface area contributed by atoms with Crippen molar-refractivity contribution in [2.24, 2.45) is 0 Å². The van der Waals surface area contributed by atoms with Crippen LogP contribution in [0.5, 0.6) is 0 Å². The number of nitrogens with one attached hydrogen (secondary N) is 4. The first kappa shape index (κ1) is 25.2. The maximum atomic E-state index is 12.5. The van der Waals surface area contributed by atoms with E-state index in [1.807, 2.05) is 0 Å². The third-order valence-electron chi connectivity index (χ3n) is 4.72. The molecule has 1 aliphatic rings. The predicted molar refractivity (Wildman–Crippen MR) is 131 cm³/mol. The highest BCUT2D eigenvalue weighted by molar-refractivity contribution is 7.89. The Labute approximate surface area is 206 Å². The second-order valence-corrected chi connectivity index (χ2v) is 10.2. The summed E-state index contributed by atoms with van der Waals surface area (Å²) < 4.78 is 26.5. The lowest BCUT2D eigenvalue weighted by molar-refractivity contribution is -0.120. The number of hydrogen-bond donors (Lipinski definition) is 4. The highest BCUT2D eigenvalue weighted by atomic mass is 35.5. The Kier molecular flexibility index (Phi) is 8.49. The Morgan fingerprint density at radius 1 is 0.970 bits per heavy atom. The van der Waals surface area contributed by atoms with Gasteiger partial charge in [0.15, 0.2) is 5.11 Å². The van der Waals surface area contributed by atoms with Crippen LogP contribution in [0.1, 0.15) is 23.2 Å². The number of halogens is 2. The fraction of sp³-hybridized carbons (Fsp3) is 0.250. The van der Waals surface area contributed by atoms with Gasteiger partial charge in [-0.15, -0.1) is 0 Å². The molecule has 1 heterocycles. The molecule has 2 aromatic carbocycles. The van der Waals surface area contributed by atoms with Gasteiger partial charge in [0, 0.05) is 24.3 Å². The molecule has 1 aliphatic heterocycles. The number of rotatable bonds is 6. The zero-order valence-electron chi connectivity index (χ0n) is 17.2. The molecule has 0 aromatic heterocycles. The fourth-order valence-electron chi connectivity index (χ4n) is 3.03. The SMILES string of the molecule is O=C(CNC(=O)c1ccc(S(=O)(=O)N2CCCC2)cc1)NNC(=S)Nc1ccc(Cl)c(Cl)c1. The number of thiocarbonyl (C=S) groups is 1. The smallest absolute Gasteiger partial charge is 0.257 e. The molecular formula is C20H21Cl2N5O4S2. The monoisotopic (exact) mass is 529 g/mol. The first-order valence-electron chi connectivity index (χ1n) is 9.86. The van der Waals surface area contributed by atoms with Gasteiger partial charge in [0.1, 0.15) is 0 Å². The highest BCUT2D eigenvalue weighted by Gasteiger charge is 2.27. The van der Waals surface area contributed by atoms with Crippen LogP contribution in [0.3, 0.4) is 0 Å². The summed E-state index contributed by atoms with van der Waals surface area (Å²) in [5.41, 5.74) is 5.64. The van der Waals surface area contributed by atoms with Gasteiger partial charge in [-0.25, -0.2) is 8.42 Å². The minimum atomic E-state index is -3.55. The molecule has 0 radical (unpaired) electrons. The number of anilines is 1. The Hall–Kier alpha value is -2.44. The van der Waals surface area contributed by atoms with Crippen LogP contribution in [0.4, 0.5) is 5.69 Å². The van der Waals surface area contributed by atoms with Crippen molar-refractivity contribution in [2.45, 2.75) is 17.7 Å². The summed E-state index contributed by atoms with van der Waals surface area (Å²) in [6.07, 6.45) is 1.68. The number of hydrogen-bond acceptors (Lipinski definition) is 5. The van der Waals surface area contributed by atoms with Crippen LogP contribution >= 0.6 is 35.4 Å². The quantitative estimate of drug-likeness (QED) is 0.335. The van der Waals surface area contributed by atoms with Gasteiger partial charge < -0.3 is 10.6 Å². The lowest BCUT2D eigenvalue weighted by Crippen LogP contribution is -2.47. The molecule has 13 heteroatoms. The van der Waals surface area contributed by atoms with Crippen LogP contribution in [0.2, 0.25) is 10.0 Å². The summed E-state index contributed by atoms with van der Waals surface area (Å²) in [6, 6.07) is 10.4. The van der Waals surface area contributed by atoms with Gasteiger partial charge in [-0.05, 0) is 67.5 Å². The summed E-state index contributed by atoms with van der Waals surface area (Å²) in [5, 5.41) is 6.11. The number of sulfonamides is 1. The molecule has 2 aromatic rings. The van der Waals surface area contributed by atoms with Crippen LogP contribution in [0, 0.1) is 0 Å². The first-order chi connectivity index (χ1) is 15.7. The molecule has 9 nitrogen and oxygen atoms in total. The van der Waals surface area contributed by atoms with Gasteiger partial charge >= 0.3 is 0 Å². The molecule has 4 N–H and O–H groups in total. The van der Waals surface area contributed by atoms with E-state index in [4.69, 9.17) is 35.4 Å². The molecule has 0 saturated carbocycles. The molecule has 0 spiro atoms. The molecule has 176 valence electrons. The topological polar surface area (TPSA) is 120 Å². The number of carbonyl (C=O) groups is 2. The second kappa shape index (κ2) is 11.1. The normalized spacial score (nSPS) is 13.9. The van der Waals surface area contributed by atoms with Crippen molar-refractivity contribution in [2.75, 3.05) is 25.0 Å². The van der Waals surface area contributed by atoms with Gasteiger partial charge in [-0.2, -0.15) is 4.31 Å². The second-order valence-electron chi connectivity index (χ2n) is 7.07. The van der Waals surface area contributed by atoms with Crippen LogP contribution in [0.25, 0.3) is 0 Å². The van der Waals surface area contributed by atoms with E-state index >= 15 is 0 Å². The van der Waals surface area contributed by atoms with Crippen LogP contribution < -0.4 is 21.5 Å². The maximum Gasteiger partial charge on any atom is 0.257 e. The Morgan fingerprint density at radius 2 is 1.64 bits per heavy atom. The summed E-state index contributed by atoms with van der Waals surface area (Å²) in [4.78, 5) is 24.4. The van der Waals surface area contributed by atoms with Gasteiger partial charge in [0.25, 0.3) is 11.8 Å². The van der Waals surface area contributed by atoms with Gasteiger partial charge in [0.2, 0.25) is 10.0 Å². The number of nitrogens with zero attached hydrogens (tertiary/aromatic N) is 1. The largest absolute Gasteiger partial charge is 0.343 e. The zero-order chi connectivity index (χ0) is 24.0. The van der Waals surface area contributed by atoms with Crippen molar-refractivity contribution in [1.29, 1.82) is 0 Å². The summed E-state index contributed by atoms with van der Waals surface area (Å²) in [7, 11) is -3.55. The maximum absolute atomic E-state index is 12.5. The van der Waals surface area contributed by atoms with Crippen LogP contribution in [-0.2, 0) is 14.8 Å². The number of carbonyl (C=O) groups excluding carboxylic acids is 2. The van der Waals surface area contributed by atoms with E-state index in [1.165, 1.54) is 28.6 Å². The molecule has 0 aliphatic carbocycles. The summed E-state index contributed by atoms with van der Waals surface area (Å²) in [6.45, 7) is 0.676. The van der Waals surface area contributed by atoms with Crippen LogP contribution in [-0.4, -0.2) is 49.3 Å². The molecule has 0 bridgehead atoms. The Balaban J connectivity index is 1.44. The third kappa shape index (κ3) is 6.78. The lowest BCUT2D eigenvalue weighted by atomic mass is 10.2. The van der Waals surface area contributed by atoms with Crippen molar-refractivity contribution < 1.29 is 18.0 Å². The van der Waals surface area contributed by atoms with E-state index in [0.717, 1.165) is 12.8 Å². The van der Waals surface area contributed by atoms with Crippen LogP contribution in [0.15, 0.2) is 47.4 Å². The molecule has 0 unspecified atom stereocenters. The van der Waals surface area contributed by atoms with E-state index in [9.17, 15) is 18.0 Å². The summed E-state index contributed by atoms with van der Waals surface area (Å²) in [5.74, 6) is -1.07. The highest BCUT2D eigenvalue weighted by Crippen LogP contribution is 2.25. The minimum absolute atomic E-state index is 0.0999. The molecule has 3 rings (SSSR count). The zero-order valence-corrected chi connectivity index (χ0v) is 20.4. The molecule has 1 fully saturated rings. The van der Waals surface area contributed by atoms with Gasteiger partial charge in [-0.3, -0.25) is 20.4 Å². The van der Waals surface area contributed by atoms with Crippen molar-refractivity contribution in [3.8, 4) is 0 Å². The Bertz CT molecular complexity index is 1150. The van der Waals surface area contributed by atoms with Gasteiger partial charge in [-0.1, -0.05) is 23.2 Å². The summed E-state index contributed by atoms with van der Waals surface area (Å²) >= 11 is 16.9. The number of hydrazine groups is 1. The van der Waals surface area contributed by atoms with Crippen molar-refractivity contribution >= 4 is 68.1 Å². The number of amides is 2. The molecule has 33 heavy (non-hydrogen) atoms. The molecular weight excluding hydrogens is 509 g/mol. The molecule has 2 amide bonds. The number of benzene rings is 2. The first-order valence-corrected chi connectivity index (χ1v) is 12.5. The fourth-order valence-corrected chi connectivity index (χ4v) is 5.01. The lowest BCUT2D eigenvalue weighted by Gasteiger charge is -2.15. The minimum Gasteiger partial charge on any atom is -0.343 e. The van der Waals surface area contributed by atoms with Crippen molar-refractivity contribution in [1.82, 2.24) is 20.5 Å². The molecule has 1 saturated heterocycles. The Morgan fingerprint density at radius 3 is 2.27 bits per heavy atom. The van der Waals surface area contributed by atoms with Gasteiger partial charge in [0.05, 0.1) is 21.5 Å². The van der Waals surface area contributed by atoms with Crippen molar-refractivity contribution in [3.63, 3.8) is 0 Å². The van der Waals surface area contributed by atoms with E-state index in [1.54, 1.807) is 18.2 Å². The van der Waals surface area contributed by atoms with E-state index in [-0.39, 0.29) is 22.1 Å². The standard InChI is InChI=1S/C20H21Cl2N5O4S2/c21-16-8-5-14(11-17(16)22)24-20(32)26-25-18(28)12-23-19(29)13-3-6-15(7-4-13)33(30,31)27-9-1-2-10-27/h3-8,11H,1-2,9-10,12H2,(H,23,29)(H,25,28)(H2,24,26,32).